The fourth-order valence-electron chi connectivity index (χ4n) is 2.09. The summed E-state index contributed by atoms with van der Waals surface area (Å²) in [5.41, 5.74) is 3.46. The lowest BCUT2D eigenvalue weighted by Crippen LogP contribution is -2.19. The number of rotatable bonds is 5. The number of hydrogen-bond donors (Lipinski definition) is 1. The van der Waals surface area contributed by atoms with Crippen LogP contribution in [-0.4, -0.2) is 14.6 Å². The van der Waals surface area contributed by atoms with Gasteiger partial charge in [0.15, 0.2) is 0 Å². The molecule has 0 spiro atoms. The van der Waals surface area contributed by atoms with E-state index in [9.17, 15) is 8.42 Å². The van der Waals surface area contributed by atoms with Crippen LogP contribution in [-0.2, 0) is 10.0 Å². The first kappa shape index (κ1) is 17.0. The summed E-state index contributed by atoms with van der Waals surface area (Å²) in [6.07, 6.45) is 3.42. The third-order valence-corrected chi connectivity index (χ3v) is 4.63. The van der Waals surface area contributed by atoms with E-state index in [0.29, 0.717) is 5.56 Å². The molecule has 0 aliphatic rings. The maximum atomic E-state index is 12.3. The van der Waals surface area contributed by atoms with Crippen LogP contribution in [0.15, 0.2) is 64.1 Å². The molecule has 1 N–H and O–H groups in total. The number of nitrogens with one attached hydrogen (secondary N) is 1. The van der Waals surface area contributed by atoms with Crippen molar-refractivity contribution in [2.45, 2.75) is 25.7 Å². The minimum absolute atomic E-state index is 0.249. The first-order valence-electron chi connectivity index (χ1n) is 7.24. The summed E-state index contributed by atoms with van der Waals surface area (Å²) in [5.74, 6) is 0. The first-order valence-corrected chi connectivity index (χ1v) is 8.72. The summed E-state index contributed by atoms with van der Waals surface area (Å²) >= 11 is 0. The Bertz CT molecular complexity index is 839. The van der Waals surface area contributed by atoms with E-state index in [1.54, 1.807) is 19.1 Å². The van der Waals surface area contributed by atoms with Gasteiger partial charge >= 0.3 is 0 Å². The number of benzene rings is 2. The second kappa shape index (κ2) is 7.24. The Hall–Kier alpha value is -2.40. The molecule has 120 valence electrons. The highest BCUT2D eigenvalue weighted by molar-refractivity contribution is 7.89. The minimum atomic E-state index is -3.66. The predicted octanol–water partition coefficient (Wildman–Crippen LogP) is 3.67. The van der Waals surface area contributed by atoms with Gasteiger partial charge in [-0.1, -0.05) is 48.5 Å². The Balaban J connectivity index is 2.13. The molecule has 0 saturated heterocycles. The van der Waals surface area contributed by atoms with E-state index in [4.69, 9.17) is 0 Å². The topological polar surface area (TPSA) is 58.5 Å². The lowest BCUT2D eigenvalue weighted by molar-refractivity contribution is 0.584. The van der Waals surface area contributed by atoms with Crippen molar-refractivity contribution < 1.29 is 8.42 Å². The fourth-order valence-corrected chi connectivity index (χ4v) is 3.22. The molecule has 0 aromatic heterocycles. The number of aryl methyl sites for hydroxylation is 2. The molecule has 0 saturated carbocycles. The van der Waals surface area contributed by atoms with E-state index in [1.807, 2.05) is 56.3 Å². The van der Waals surface area contributed by atoms with Crippen LogP contribution in [0.5, 0.6) is 0 Å². The number of nitrogens with zero attached hydrogens (tertiary/aromatic N) is 1. The highest BCUT2D eigenvalue weighted by Crippen LogP contribution is 2.16. The molecule has 2 rings (SSSR count). The molecule has 0 aliphatic carbocycles. The molecular weight excluding hydrogens is 308 g/mol. The van der Waals surface area contributed by atoms with Crippen molar-refractivity contribution in [3.05, 3.63) is 70.8 Å². The maximum absolute atomic E-state index is 12.3. The standard InChI is InChI=1S/C18H20N2O2S/c1-14-9-10-16(3)18(12-14)23(21,22)20-19-13-15(2)11-17-7-5-4-6-8-17/h4-13,20H,1-3H3. The van der Waals surface area contributed by atoms with Gasteiger partial charge in [0.1, 0.15) is 0 Å². The van der Waals surface area contributed by atoms with Crippen molar-refractivity contribution in [3.8, 4) is 0 Å². The summed E-state index contributed by atoms with van der Waals surface area (Å²) < 4.78 is 24.6. The number of hydrazone groups is 1. The average molecular weight is 328 g/mol. The van der Waals surface area contributed by atoms with Crippen LogP contribution in [0.2, 0.25) is 0 Å². The number of allylic oxidation sites excluding steroid dienone is 1. The highest BCUT2D eigenvalue weighted by Gasteiger charge is 2.15. The summed E-state index contributed by atoms with van der Waals surface area (Å²) in [4.78, 5) is 2.51. The third-order valence-electron chi connectivity index (χ3n) is 3.27. The van der Waals surface area contributed by atoms with Crippen LogP contribution in [0.3, 0.4) is 0 Å². The lowest BCUT2D eigenvalue weighted by atomic mass is 10.1. The molecule has 2 aromatic carbocycles. The van der Waals surface area contributed by atoms with Gasteiger partial charge in [0.05, 0.1) is 11.1 Å². The minimum Gasteiger partial charge on any atom is -0.200 e. The molecule has 4 nitrogen and oxygen atoms in total. The van der Waals surface area contributed by atoms with E-state index in [-0.39, 0.29) is 4.90 Å². The lowest BCUT2D eigenvalue weighted by Gasteiger charge is -2.07. The van der Waals surface area contributed by atoms with Gasteiger partial charge in [-0.3, -0.25) is 0 Å². The zero-order valence-corrected chi connectivity index (χ0v) is 14.3. The van der Waals surface area contributed by atoms with E-state index < -0.39 is 10.0 Å². The van der Waals surface area contributed by atoms with Crippen molar-refractivity contribution >= 4 is 22.3 Å². The fraction of sp³-hybridized carbons (Fsp3) is 0.167. The second-order valence-corrected chi connectivity index (χ2v) is 7.05. The number of sulfonamides is 1. The van der Waals surface area contributed by atoms with Gasteiger partial charge in [-0.15, -0.1) is 0 Å². The van der Waals surface area contributed by atoms with Gasteiger partial charge in [0, 0.05) is 0 Å². The number of hydrogen-bond acceptors (Lipinski definition) is 3. The Labute approximate surface area is 137 Å². The van der Waals surface area contributed by atoms with Crippen molar-refractivity contribution in [1.82, 2.24) is 4.83 Å². The van der Waals surface area contributed by atoms with Crippen molar-refractivity contribution in [2.24, 2.45) is 5.10 Å². The molecular formula is C18H20N2O2S. The molecule has 0 atom stereocenters. The first-order chi connectivity index (χ1) is 10.9. The van der Waals surface area contributed by atoms with Crippen molar-refractivity contribution in [1.29, 1.82) is 0 Å². The molecule has 0 amide bonds. The van der Waals surface area contributed by atoms with Crippen LogP contribution in [0.25, 0.3) is 6.08 Å². The van der Waals surface area contributed by atoms with Crippen molar-refractivity contribution in [2.75, 3.05) is 0 Å². The zero-order chi connectivity index (χ0) is 16.9. The summed E-state index contributed by atoms with van der Waals surface area (Å²) in [5, 5.41) is 3.86. The summed E-state index contributed by atoms with van der Waals surface area (Å²) in [6.45, 7) is 5.48. The second-order valence-electron chi connectivity index (χ2n) is 5.42. The summed E-state index contributed by atoms with van der Waals surface area (Å²) in [6, 6.07) is 15.1. The molecule has 5 heteroatoms. The molecule has 2 aromatic rings. The van der Waals surface area contributed by atoms with Gasteiger partial charge < -0.3 is 0 Å². The molecule has 0 heterocycles. The van der Waals surface area contributed by atoms with Gasteiger partial charge in [-0.2, -0.15) is 13.5 Å². The van der Waals surface area contributed by atoms with Crippen LogP contribution in [0.1, 0.15) is 23.6 Å². The van der Waals surface area contributed by atoms with E-state index in [0.717, 1.165) is 16.7 Å². The van der Waals surface area contributed by atoms with Crippen LogP contribution in [0.4, 0.5) is 0 Å². The van der Waals surface area contributed by atoms with E-state index in [2.05, 4.69) is 9.93 Å². The molecule has 23 heavy (non-hydrogen) atoms. The van der Waals surface area contributed by atoms with E-state index >= 15 is 0 Å². The smallest absolute Gasteiger partial charge is 0.200 e. The SMILES string of the molecule is CC(C=NNS(=O)(=O)c1cc(C)ccc1C)=Cc1ccccc1. The van der Waals surface area contributed by atoms with Crippen LogP contribution >= 0.6 is 0 Å². The summed E-state index contributed by atoms with van der Waals surface area (Å²) in [7, 11) is -3.66. The van der Waals surface area contributed by atoms with Crippen molar-refractivity contribution in [3.63, 3.8) is 0 Å². The monoisotopic (exact) mass is 328 g/mol. The molecule has 0 radical (unpaired) electrons. The quantitative estimate of drug-likeness (QED) is 0.672. The Morgan fingerprint density at radius 3 is 2.48 bits per heavy atom. The molecule has 0 unspecified atom stereocenters. The Kier molecular flexibility index (Phi) is 5.34. The van der Waals surface area contributed by atoms with Crippen LogP contribution < -0.4 is 4.83 Å². The van der Waals surface area contributed by atoms with Gasteiger partial charge in [0.25, 0.3) is 10.0 Å². The van der Waals surface area contributed by atoms with E-state index in [1.165, 1.54) is 6.21 Å². The largest absolute Gasteiger partial charge is 0.276 e. The zero-order valence-electron chi connectivity index (χ0n) is 13.4. The molecule has 0 fully saturated rings. The highest BCUT2D eigenvalue weighted by atomic mass is 32.2. The van der Waals surface area contributed by atoms with Gasteiger partial charge in [-0.05, 0) is 49.1 Å². The molecule has 0 bridgehead atoms. The normalized spacial score (nSPS) is 12.6. The Morgan fingerprint density at radius 2 is 1.78 bits per heavy atom. The van der Waals surface area contributed by atoms with Gasteiger partial charge in [0.2, 0.25) is 0 Å². The average Bonchev–Trinajstić information content (AvgIpc) is 2.50. The van der Waals surface area contributed by atoms with Gasteiger partial charge in [-0.25, -0.2) is 4.83 Å². The molecule has 0 aliphatic heterocycles. The van der Waals surface area contributed by atoms with Crippen LogP contribution in [0, 0.1) is 13.8 Å². The third kappa shape index (κ3) is 4.79. The Morgan fingerprint density at radius 1 is 1.09 bits per heavy atom. The predicted molar refractivity (Wildman–Crippen MR) is 94.8 cm³/mol. The maximum Gasteiger partial charge on any atom is 0.276 e.